The zero-order chi connectivity index (χ0) is 18.8. The summed E-state index contributed by atoms with van der Waals surface area (Å²) in [5.41, 5.74) is 2.24. The summed E-state index contributed by atoms with van der Waals surface area (Å²) >= 11 is 4.76. The molecule has 1 saturated heterocycles. The molecule has 1 aliphatic heterocycles. The molecule has 4 nitrogen and oxygen atoms in total. The van der Waals surface area contributed by atoms with Gasteiger partial charge in [-0.2, -0.15) is 0 Å². The molecule has 2 heterocycles. The number of hydrogen-bond donors (Lipinski definition) is 1. The molecule has 1 aromatic carbocycles. The molecule has 0 bridgehead atoms. The topological polar surface area (TPSA) is 49.4 Å². The van der Waals surface area contributed by atoms with E-state index in [9.17, 15) is 9.59 Å². The second-order valence-corrected chi connectivity index (χ2v) is 9.71. The number of hydrogen-bond acceptors (Lipinski definition) is 3. The summed E-state index contributed by atoms with van der Waals surface area (Å²) in [6.45, 7) is 7.90. The summed E-state index contributed by atoms with van der Waals surface area (Å²) in [5, 5.41) is 2.94. The number of piperidine rings is 1. The normalized spacial score (nSPS) is 20.1. The minimum atomic E-state index is -0.159. The van der Waals surface area contributed by atoms with Gasteiger partial charge in [0.1, 0.15) is 0 Å². The second kappa shape index (κ2) is 7.92. The number of likely N-dealkylation sites (tertiary alicyclic amines) is 1. The number of nitrogens with one attached hydrogen (secondary N) is 1. The number of carbonyl (C=O) groups is 2. The van der Waals surface area contributed by atoms with E-state index in [2.05, 4.69) is 35.1 Å². The molecule has 1 aliphatic rings. The number of anilines is 1. The third kappa shape index (κ3) is 4.35. The first-order valence-electron chi connectivity index (χ1n) is 8.80. The molecule has 0 aliphatic carbocycles. The van der Waals surface area contributed by atoms with Crippen molar-refractivity contribution in [3.63, 3.8) is 0 Å². The van der Waals surface area contributed by atoms with Crippen LogP contribution in [0.3, 0.4) is 0 Å². The third-order valence-electron chi connectivity index (χ3n) is 4.69. The highest BCUT2D eigenvalue weighted by atomic mass is 79.9. The Morgan fingerprint density at radius 1 is 1.15 bits per heavy atom. The minimum absolute atomic E-state index is 0.0396. The molecule has 138 valence electrons. The minimum Gasteiger partial charge on any atom is -0.338 e. The fourth-order valence-corrected chi connectivity index (χ4v) is 4.80. The van der Waals surface area contributed by atoms with Crippen LogP contribution in [0.2, 0.25) is 0 Å². The molecule has 1 fully saturated rings. The molecule has 2 unspecified atom stereocenters. The van der Waals surface area contributed by atoms with Gasteiger partial charge in [0, 0.05) is 24.3 Å². The summed E-state index contributed by atoms with van der Waals surface area (Å²) in [5.74, 6) is 0.917. The average molecular weight is 435 g/mol. The van der Waals surface area contributed by atoms with E-state index in [1.807, 2.05) is 30.0 Å². The van der Waals surface area contributed by atoms with Crippen LogP contribution in [-0.4, -0.2) is 29.8 Å². The lowest BCUT2D eigenvalue weighted by atomic mass is 9.91. The van der Waals surface area contributed by atoms with Gasteiger partial charge in [0.15, 0.2) is 0 Å². The summed E-state index contributed by atoms with van der Waals surface area (Å²) < 4.78 is 0.914. The monoisotopic (exact) mass is 434 g/mol. The second-order valence-electron chi connectivity index (χ2n) is 7.24. The van der Waals surface area contributed by atoms with Crippen LogP contribution in [-0.2, 0) is 0 Å². The largest absolute Gasteiger partial charge is 0.338 e. The van der Waals surface area contributed by atoms with E-state index >= 15 is 0 Å². The first-order chi connectivity index (χ1) is 12.3. The number of halogens is 1. The molecule has 3 rings (SSSR count). The van der Waals surface area contributed by atoms with Gasteiger partial charge >= 0.3 is 0 Å². The zero-order valence-corrected chi connectivity index (χ0v) is 17.6. The van der Waals surface area contributed by atoms with Crippen molar-refractivity contribution in [2.75, 3.05) is 18.4 Å². The number of carbonyl (C=O) groups excluding carboxylic acids is 2. The predicted octanol–water partition coefficient (Wildman–Crippen LogP) is 5.19. The van der Waals surface area contributed by atoms with Gasteiger partial charge in [-0.15, -0.1) is 11.3 Å². The molecule has 0 spiro atoms. The van der Waals surface area contributed by atoms with Gasteiger partial charge in [0.05, 0.1) is 8.66 Å². The summed E-state index contributed by atoms with van der Waals surface area (Å²) in [7, 11) is 0. The Kier molecular flexibility index (Phi) is 5.82. The van der Waals surface area contributed by atoms with Gasteiger partial charge in [0.2, 0.25) is 0 Å². The van der Waals surface area contributed by atoms with E-state index in [0.29, 0.717) is 28.0 Å². The van der Waals surface area contributed by atoms with Crippen LogP contribution in [0.4, 0.5) is 5.69 Å². The molecule has 6 heteroatoms. The lowest BCUT2D eigenvalue weighted by molar-refractivity contribution is 0.0623. The van der Waals surface area contributed by atoms with Gasteiger partial charge < -0.3 is 10.2 Å². The maximum atomic E-state index is 12.9. The average Bonchev–Trinajstić information content (AvgIpc) is 3.02. The fourth-order valence-electron chi connectivity index (χ4n) is 3.52. The number of benzene rings is 1. The van der Waals surface area contributed by atoms with Gasteiger partial charge in [0.25, 0.3) is 11.8 Å². The van der Waals surface area contributed by atoms with Crippen LogP contribution in [0.25, 0.3) is 0 Å². The predicted molar refractivity (Wildman–Crippen MR) is 110 cm³/mol. The lowest BCUT2D eigenvalue weighted by Gasteiger charge is -2.35. The molecule has 1 N–H and O–H groups in total. The highest BCUT2D eigenvalue weighted by Crippen LogP contribution is 2.26. The number of thiophene rings is 1. The highest BCUT2D eigenvalue weighted by molar-refractivity contribution is 9.11. The van der Waals surface area contributed by atoms with Crippen molar-refractivity contribution in [3.8, 4) is 0 Å². The van der Waals surface area contributed by atoms with Crippen molar-refractivity contribution < 1.29 is 9.59 Å². The van der Waals surface area contributed by atoms with Crippen LogP contribution in [0.5, 0.6) is 0 Å². The molecule has 26 heavy (non-hydrogen) atoms. The van der Waals surface area contributed by atoms with Gasteiger partial charge in [-0.1, -0.05) is 19.9 Å². The zero-order valence-electron chi connectivity index (χ0n) is 15.2. The van der Waals surface area contributed by atoms with Crippen molar-refractivity contribution >= 4 is 44.8 Å². The van der Waals surface area contributed by atoms with E-state index in [1.54, 1.807) is 12.1 Å². The van der Waals surface area contributed by atoms with Crippen LogP contribution in [0, 0.1) is 18.8 Å². The Bertz CT molecular complexity index is 823. The Labute approximate surface area is 166 Å². The van der Waals surface area contributed by atoms with Crippen molar-refractivity contribution in [1.29, 1.82) is 0 Å². The van der Waals surface area contributed by atoms with Gasteiger partial charge in [-0.25, -0.2) is 0 Å². The summed E-state index contributed by atoms with van der Waals surface area (Å²) in [4.78, 5) is 27.9. The van der Waals surface area contributed by atoms with E-state index in [-0.39, 0.29) is 11.8 Å². The molecular formula is C20H23BrN2O2S. The molecule has 2 atom stereocenters. The van der Waals surface area contributed by atoms with E-state index in [4.69, 9.17) is 0 Å². The number of nitrogens with zero attached hydrogens (tertiary/aromatic N) is 1. The van der Waals surface area contributed by atoms with Gasteiger partial charge in [-0.05, 0) is 70.9 Å². The van der Waals surface area contributed by atoms with Gasteiger partial charge in [-0.3, -0.25) is 9.59 Å². The SMILES string of the molecule is Cc1ccc(C(=O)N2CC(C)CC(C)C2)cc1NC(=O)c1ccc(Br)s1. The molecule has 1 aromatic heterocycles. The molecule has 0 saturated carbocycles. The maximum Gasteiger partial charge on any atom is 0.265 e. The quantitative estimate of drug-likeness (QED) is 0.722. The molecular weight excluding hydrogens is 412 g/mol. The third-order valence-corrected chi connectivity index (χ3v) is 6.31. The van der Waals surface area contributed by atoms with E-state index in [0.717, 1.165) is 28.9 Å². The van der Waals surface area contributed by atoms with Crippen molar-refractivity contribution in [2.24, 2.45) is 11.8 Å². The standard InChI is InChI=1S/C20H23BrN2O2S/c1-12-8-13(2)11-23(10-12)20(25)15-5-4-14(3)16(9-15)22-19(24)17-6-7-18(21)26-17/h4-7,9,12-13H,8,10-11H2,1-3H3,(H,22,24). The van der Waals surface area contributed by atoms with E-state index < -0.39 is 0 Å². The van der Waals surface area contributed by atoms with Crippen molar-refractivity contribution in [2.45, 2.75) is 27.2 Å². The van der Waals surface area contributed by atoms with E-state index in [1.165, 1.54) is 11.3 Å². The van der Waals surface area contributed by atoms with Crippen molar-refractivity contribution in [3.05, 3.63) is 50.1 Å². The first-order valence-corrected chi connectivity index (χ1v) is 10.4. The lowest BCUT2D eigenvalue weighted by Crippen LogP contribution is -2.42. The maximum absolute atomic E-state index is 12.9. The van der Waals surface area contributed by atoms with Crippen LogP contribution >= 0.6 is 27.3 Å². The molecule has 0 radical (unpaired) electrons. The summed E-state index contributed by atoms with van der Waals surface area (Å²) in [6, 6.07) is 9.17. The Morgan fingerprint density at radius 2 is 1.85 bits per heavy atom. The van der Waals surface area contributed by atoms with Crippen molar-refractivity contribution in [1.82, 2.24) is 4.90 Å². The Balaban J connectivity index is 1.78. The number of aryl methyl sites for hydroxylation is 1. The van der Waals surface area contributed by atoms with Crippen LogP contribution in [0.15, 0.2) is 34.1 Å². The smallest absolute Gasteiger partial charge is 0.265 e. The Morgan fingerprint density at radius 3 is 2.46 bits per heavy atom. The molecule has 2 aromatic rings. The van der Waals surface area contributed by atoms with Crippen LogP contribution in [0.1, 0.15) is 45.9 Å². The molecule has 2 amide bonds. The fraction of sp³-hybridized carbons (Fsp3) is 0.400. The Hall–Kier alpha value is -1.66. The summed E-state index contributed by atoms with van der Waals surface area (Å²) in [6.07, 6.45) is 1.16. The van der Waals surface area contributed by atoms with Crippen LogP contribution < -0.4 is 5.32 Å². The first kappa shape index (κ1) is 19.1. The highest BCUT2D eigenvalue weighted by Gasteiger charge is 2.26. The number of rotatable bonds is 3. The number of amides is 2.